The average molecular weight is 350 g/mol. The number of unbranched alkanes of at least 4 members (excludes halogenated alkanes) is 12. The molecule has 0 unspecified atom stereocenters. The summed E-state index contributed by atoms with van der Waals surface area (Å²) in [7, 11) is 0. The van der Waals surface area contributed by atoms with Crippen molar-refractivity contribution in [3.05, 3.63) is 0 Å². The van der Waals surface area contributed by atoms with Gasteiger partial charge in [-0.2, -0.15) is 0 Å². The summed E-state index contributed by atoms with van der Waals surface area (Å²) in [6.07, 6.45) is 19.7. The van der Waals surface area contributed by atoms with Gasteiger partial charge in [-0.1, -0.05) is 90.4 Å². The van der Waals surface area contributed by atoms with Crippen molar-refractivity contribution >= 4 is 17.0 Å². The van der Waals surface area contributed by atoms with E-state index in [1.807, 2.05) is 0 Å². The Bertz CT molecular complexity index is 175. The topological polar surface area (TPSA) is 26.0 Å². The van der Waals surface area contributed by atoms with Crippen LogP contribution in [0.25, 0.3) is 0 Å². The monoisotopic (exact) mass is 349 g/mol. The Morgan fingerprint density at radius 1 is 0.600 bits per heavy atom. The van der Waals surface area contributed by atoms with E-state index in [2.05, 4.69) is 20.8 Å². The summed E-state index contributed by atoms with van der Waals surface area (Å²) in [5.74, 6) is 0. The number of hydrogen-bond acceptors (Lipinski definition) is 1. The van der Waals surface area contributed by atoms with Crippen LogP contribution in [-0.4, -0.2) is 5.54 Å². The van der Waals surface area contributed by atoms with E-state index in [0.717, 1.165) is 0 Å². The second-order valence-corrected chi connectivity index (χ2v) is 6.98. The van der Waals surface area contributed by atoms with Crippen molar-refractivity contribution in [1.82, 2.24) is 0 Å². The molecule has 0 aromatic heterocycles. The molecule has 0 atom stereocenters. The van der Waals surface area contributed by atoms with Gasteiger partial charge in [-0.25, -0.2) is 0 Å². The van der Waals surface area contributed by atoms with Crippen molar-refractivity contribution in [2.24, 2.45) is 5.73 Å². The molecule has 0 radical (unpaired) electrons. The highest BCUT2D eigenvalue weighted by molar-refractivity contribution is 8.93. The van der Waals surface area contributed by atoms with Gasteiger partial charge in [-0.05, 0) is 20.3 Å². The molecule has 0 saturated carbocycles. The van der Waals surface area contributed by atoms with Gasteiger partial charge in [-0.3, -0.25) is 0 Å². The van der Waals surface area contributed by atoms with E-state index in [1.165, 1.54) is 89.9 Å². The summed E-state index contributed by atoms with van der Waals surface area (Å²) in [4.78, 5) is 0. The lowest BCUT2D eigenvalue weighted by atomic mass is 9.97. The van der Waals surface area contributed by atoms with Crippen molar-refractivity contribution in [1.29, 1.82) is 0 Å². The fourth-order valence-electron chi connectivity index (χ4n) is 2.60. The number of hydrogen-bond donors (Lipinski definition) is 1. The van der Waals surface area contributed by atoms with Crippen LogP contribution in [0.3, 0.4) is 0 Å². The molecule has 0 aliphatic rings. The van der Waals surface area contributed by atoms with E-state index in [9.17, 15) is 0 Å². The summed E-state index contributed by atoms with van der Waals surface area (Å²) < 4.78 is 0. The van der Waals surface area contributed by atoms with Gasteiger partial charge in [0.2, 0.25) is 0 Å². The summed E-state index contributed by atoms with van der Waals surface area (Å²) in [6, 6.07) is 0. The molecular weight excluding hydrogens is 310 g/mol. The van der Waals surface area contributed by atoms with E-state index in [4.69, 9.17) is 5.73 Å². The zero-order valence-electron chi connectivity index (χ0n) is 14.4. The van der Waals surface area contributed by atoms with Gasteiger partial charge in [0.05, 0.1) is 0 Å². The fourth-order valence-corrected chi connectivity index (χ4v) is 2.60. The first-order valence-corrected chi connectivity index (χ1v) is 8.85. The molecule has 124 valence electrons. The predicted molar refractivity (Wildman–Crippen MR) is 98.9 cm³/mol. The normalized spacial score (nSPS) is 11.4. The van der Waals surface area contributed by atoms with Crippen LogP contribution >= 0.6 is 17.0 Å². The first kappa shape index (κ1) is 22.7. The molecule has 0 amide bonds. The molecule has 0 fully saturated rings. The zero-order valence-corrected chi connectivity index (χ0v) is 16.1. The molecule has 0 heterocycles. The lowest BCUT2D eigenvalue weighted by Gasteiger charge is -2.17. The number of halogens is 1. The summed E-state index contributed by atoms with van der Waals surface area (Å²) >= 11 is 0. The molecule has 0 aromatic carbocycles. The Morgan fingerprint density at radius 2 is 0.900 bits per heavy atom. The van der Waals surface area contributed by atoms with Gasteiger partial charge in [-0.15, -0.1) is 17.0 Å². The highest BCUT2D eigenvalue weighted by atomic mass is 79.9. The van der Waals surface area contributed by atoms with E-state index in [0.29, 0.717) is 0 Å². The molecular formula is C18H40BrN. The first-order valence-electron chi connectivity index (χ1n) is 8.85. The Hall–Kier alpha value is 0.440. The maximum atomic E-state index is 5.97. The first-order chi connectivity index (χ1) is 9.06. The molecule has 0 spiro atoms. The van der Waals surface area contributed by atoms with Gasteiger partial charge in [0.15, 0.2) is 0 Å². The standard InChI is InChI=1S/C18H39N.BrH/c1-4-5-6-7-8-9-10-11-12-13-14-15-16-17-18(2,3)19;/h4-17,19H2,1-3H3;1H. The van der Waals surface area contributed by atoms with Crippen molar-refractivity contribution in [2.45, 2.75) is 116 Å². The summed E-state index contributed by atoms with van der Waals surface area (Å²) in [5.41, 5.74) is 6.01. The molecule has 0 bridgehead atoms. The molecule has 0 aromatic rings. The summed E-state index contributed by atoms with van der Waals surface area (Å²) in [5, 5.41) is 0. The van der Waals surface area contributed by atoms with Crippen LogP contribution in [0.5, 0.6) is 0 Å². The maximum Gasteiger partial charge on any atom is 0.00970 e. The van der Waals surface area contributed by atoms with Crippen molar-refractivity contribution in [3.8, 4) is 0 Å². The van der Waals surface area contributed by atoms with Gasteiger partial charge < -0.3 is 5.73 Å². The van der Waals surface area contributed by atoms with Gasteiger partial charge in [0.25, 0.3) is 0 Å². The highest BCUT2D eigenvalue weighted by Crippen LogP contribution is 2.15. The Balaban J connectivity index is 0. The van der Waals surface area contributed by atoms with E-state index in [1.54, 1.807) is 0 Å². The Morgan fingerprint density at radius 3 is 1.20 bits per heavy atom. The summed E-state index contributed by atoms with van der Waals surface area (Å²) in [6.45, 7) is 6.55. The van der Waals surface area contributed by atoms with Crippen LogP contribution in [0, 0.1) is 0 Å². The molecule has 0 aliphatic heterocycles. The van der Waals surface area contributed by atoms with E-state index >= 15 is 0 Å². The smallest absolute Gasteiger partial charge is 0.00970 e. The lowest BCUT2D eigenvalue weighted by Crippen LogP contribution is -2.31. The van der Waals surface area contributed by atoms with Gasteiger partial charge in [0, 0.05) is 5.54 Å². The SMILES string of the molecule is Br.CCCCCCCCCCCCCCCC(C)(C)N. The van der Waals surface area contributed by atoms with Crippen LogP contribution in [0.2, 0.25) is 0 Å². The third kappa shape index (κ3) is 20.8. The molecule has 1 nitrogen and oxygen atoms in total. The Labute approximate surface area is 139 Å². The van der Waals surface area contributed by atoms with Crippen molar-refractivity contribution < 1.29 is 0 Å². The van der Waals surface area contributed by atoms with Crippen molar-refractivity contribution in [3.63, 3.8) is 0 Å². The van der Waals surface area contributed by atoms with E-state index < -0.39 is 0 Å². The lowest BCUT2D eigenvalue weighted by molar-refractivity contribution is 0.440. The molecule has 0 aliphatic carbocycles. The van der Waals surface area contributed by atoms with Crippen LogP contribution < -0.4 is 5.73 Å². The molecule has 2 heteroatoms. The molecule has 20 heavy (non-hydrogen) atoms. The minimum absolute atomic E-state index is 0. The maximum absolute atomic E-state index is 5.97. The third-order valence-corrected chi connectivity index (χ3v) is 3.92. The quantitative estimate of drug-likeness (QED) is 0.343. The fraction of sp³-hybridized carbons (Fsp3) is 1.00. The number of rotatable bonds is 14. The minimum Gasteiger partial charge on any atom is -0.326 e. The van der Waals surface area contributed by atoms with Crippen molar-refractivity contribution in [2.75, 3.05) is 0 Å². The predicted octanol–water partition coefficient (Wildman–Crippen LogP) is 6.78. The van der Waals surface area contributed by atoms with Crippen LogP contribution in [-0.2, 0) is 0 Å². The van der Waals surface area contributed by atoms with Crippen LogP contribution in [0.1, 0.15) is 111 Å². The number of nitrogens with two attached hydrogens (primary N) is 1. The second-order valence-electron chi connectivity index (χ2n) is 6.98. The molecule has 2 N–H and O–H groups in total. The largest absolute Gasteiger partial charge is 0.326 e. The molecule has 0 saturated heterocycles. The Kier molecular flexibility index (Phi) is 18.0. The molecule has 0 rings (SSSR count). The van der Waals surface area contributed by atoms with Crippen LogP contribution in [0.4, 0.5) is 0 Å². The second kappa shape index (κ2) is 15.8. The third-order valence-electron chi connectivity index (χ3n) is 3.92. The van der Waals surface area contributed by atoms with E-state index in [-0.39, 0.29) is 22.5 Å². The van der Waals surface area contributed by atoms with Crippen LogP contribution in [0.15, 0.2) is 0 Å². The average Bonchev–Trinajstić information content (AvgIpc) is 2.34. The minimum atomic E-state index is 0. The van der Waals surface area contributed by atoms with Gasteiger partial charge in [0.1, 0.15) is 0 Å². The zero-order chi connectivity index (χ0) is 14.4. The van der Waals surface area contributed by atoms with Gasteiger partial charge >= 0.3 is 0 Å². The highest BCUT2D eigenvalue weighted by Gasteiger charge is 2.08.